The third kappa shape index (κ3) is 4.54. The van der Waals surface area contributed by atoms with E-state index in [9.17, 15) is 9.90 Å². The number of fused-ring (bicyclic) bond motifs is 1. The van der Waals surface area contributed by atoms with Gasteiger partial charge in [0.2, 0.25) is 0 Å². The number of hydrogen-bond acceptors (Lipinski definition) is 5. The molecule has 2 N–H and O–H groups in total. The van der Waals surface area contributed by atoms with Crippen molar-refractivity contribution in [2.45, 2.75) is 76.4 Å². The number of nitrogens with one attached hydrogen (secondary N) is 1. The Hall–Kier alpha value is -1.92. The summed E-state index contributed by atoms with van der Waals surface area (Å²) in [7, 11) is 2.15. The molecule has 6 nitrogen and oxygen atoms in total. The van der Waals surface area contributed by atoms with Gasteiger partial charge in [0.1, 0.15) is 5.82 Å². The first kappa shape index (κ1) is 21.3. The molecule has 30 heavy (non-hydrogen) atoms. The van der Waals surface area contributed by atoms with Crippen LogP contribution in [0, 0.1) is 0 Å². The third-order valence-electron chi connectivity index (χ3n) is 7.01. The number of piperidine rings is 1. The number of rotatable bonds is 6. The van der Waals surface area contributed by atoms with Crippen LogP contribution >= 0.6 is 0 Å². The Morgan fingerprint density at radius 3 is 2.57 bits per heavy atom. The molecule has 1 saturated heterocycles. The number of pyridine rings is 2. The Morgan fingerprint density at radius 2 is 1.87 bits per heavy atom. The molecule has 0 radical (unpaired) electrons. The van der Waals surface area contributed by atoms with E-state index in [1.807, 2.05) is 4.57 Å². The Morgan fingerprint density at radius 1 is 1.13 bits per heavy atom. The number of unbranched alkanes of at least 4 members (excludes halogenated alkanes) is 1. The number of hydrogen-bond donors (Lipinski definition) is 2. The van der Waals surface area contributed by atoms with Crippen LogP contribution < -0.4 is 10.9 Å². The minimum atomic E-state index is -0.180. The number of nitrogens with zero attached hydrogens (tertiary/aromatic N) is 3. The zero-order valence-corrected chi connectivity index (χ0v) is 18.4. The van der Waals surface area contributed by atoms with E-state index >= 15 is 0 Å². The maximum Gasteiger partial charge on any atom is 0.260 e. The van der Waals surface area contributed by atoms with Gasteiger partial charge in [0.05, 0.1) is 11.5 Å². The zero-order chi connectivity index (χ0) is 21.1. The highest BCUT2D eigenvalue weighted by Gasteiger charge is 2.26. The highest BCUT2D eigenvalue weighted by Crippen LogP contribution is 2.37. The molecule has 0 bridgehead atoms. The fourth-order valence-electron chi connectivity index (χ4n) is 5.03. The number of aliphatic hydroxyl groups is 1. The molecular weight excluding hydrogens is 376 g/mol. The second-order valence-corrected chi connectivity index (χ2v) is 9.23. The first-order valence-electron chi connectivity index (χ1n) is 11.7. The second-order valence-electron chi connectivity index (χ2n) is 9.23. The van der Waals surface area contributed by atoms with Crippen molar-refractivity contribution in [3.05, 3.63) is 34.4 Å². The fraction of sp³-hybridized carbons (Fsp3) is 0.667. The molecule has 0 spiro atoms. The lowest BCUT2D eigenvalue weighted by molar-refractivity contribution is 0.122. The summed E-state index contributed by atoms with van der Waals surface area (Å²) in [5, 5.41) is 15.2. The van der Waals surface area contributed by atoms with E-state index in [2.05, 4.69) is 41.4 Å². The van der Waals surface area contributed by atoms with E-state index in [1.165, 1.54) is 5.56 Å². The van der Waals surface area contributed by atoms with Gasteiger partial charge in [-0.3, -0.25) is 4.79 Å². The van der Waals surface area contributed by atoms with Crippen LogP contribution in [0.2, 0.25) is 0 Å². The van der Waals surface area contributed by atoms with Gasteiger partial charge in [0.25, 0.3) is 5.56 Å². The van der Waals surface area contributed by atoms with Gasteiger partial charge in [0.15, 0.2) is 0 Å². The van der Waals surface area contributed by atoms with Crippen LogP contribution in [0.5, 0.6) is 0 Å². The first-order valence-corrected chi connectivity index (χ1v) is 11.7. The van der Waals surface area contributed by atoms with Gasteiger partial charge in [-0.15, -0.1) is 0 Å². The van der Waals surface area contributed by atoms with Crippen LogP contribution in [0.15, 0.2) is 23.3 Å². The largest absolute Gasteiger partial charge is 0.393 e. The maximum absolute atomic E-state index is 13.4. The van der Waals surface area contributed by atoms with E-state index < -0.39 is 0 Å². The smallest absolute Gasteiger partial charge is 0.260 e. The molecule has 3 heterocycles. The van der Waals surface area contributed by atoms with Crippen molar-refractivity contribution in [2.24, 2.45) is 0 Å². The van der Waals surface area contributed by atoms with Gasteiger partial charge in [-0.05, 0) is 88.0 Å². The summed E-state index contributed by atoms with van der Waals surface area (Å²) < 4.78 is 2.00. The first-order chi connectivity index (χ1) is 14.6. The molecular formula is C24H36N4O2. The molecule has 164 valence electrons. The van der Waals surface area contributed by atoms with Crippen molar-refractivity contribution in [1.82, 2.24) is 14.5 Å². The Balaban J connectivity index is 1.75. The molecule has 0 amide bonds. The maximum atomic E-state index is 13.4. The minimum absolute atomic E-state index is 0.0896. The van der Waals surface area contributed by atoms with Gasteiger partial charge in [-0.2, -0.15) is 0 Å². The normalized spacial score (nSPS) is 23.7. The topological polar surface area (TPSA) is 70.4 Å². The van der Waals surface area contributed by atoms with Crippen molar-refractivity contribution in [3.63, 3.8) is 0 Å². The lowest BCUT2D eigenvalue weighted by Gasteiger charge is -2.32. The van der Waals surface area contributed by atoms with E-state index in [4.69, 9.17) is 0 Å². The third-order valence-corrected chi connectivity index (χ3v) is 7.01. The van der Waals surface area contributed by atoms with Crippen LogP contribution in [0.1, 0.15) is 75.8 Å². The van der Waals surface area contributed by atoms with Crippen LogP contribution in [0.25, 0.3) is 10.8 Å². The molecule has 2 fully saturated rings. The monoisotopic (exact) mass is 412 g/mol. The molecule has 2 aromatic heterocycles. The highest BCUT2D eigenvalue weighted by molar-refractivity contribution is 5.86. The molecule has 1 aliphatic carbocycles. The lowest BCUT2D eigenvalue weighted by atomic mass is 9.81. The molecule has 2 aromatic rings. The summed E-state index contributed by atoms with van der Waals surface area (Å²) in [6.07, 6.45) is 11.6. The van der Waals surface area contributed by atoms with Gasteiger partial charge in [0, 0.05) is 25.0 Å². The van der Waals surface area contributed by atoms with Crippen molar-refractivity contribution < 1.29 is 5.11 Å². The second kappa shape index (κ2) is 9.48. The predicted molar refractivity (Wildman–Crippen MR) is 122 cm³/mol. The number of anilines is 1. The van der Waals surface area contributed by atoms with E-state index in [-0.39, 0.29) is 17.7 Å². The standard InChI is InChI=1S/C24H36N4O2/c1-3-4-11-25-23-14-20-21(15-26-23)24(30)28(18-9-12-27(2)13-10-18)16-22(20)17-5-7-19(29)8-6-17/h14-19,29H,3-13H2,1-2H3,(H,25,26). The molecule has 2 aliphatic rings. The van der Waals surface area contributed by atoms with Crippen LogP contribution in [-0.2, 0) is 0 Å². The molecule has 4 rings (SSSR count). The van der Waals surface area contributed by atoms with Crippen molar-refractivity contribution in [1.29, 1.82) is 0 Å². The average Bonchev–Trinajstić information content (AvgIpc) is 2.76. The van der Waals surface area contributed by atoms with E-state index in [1.54, 1.807) is 6.20 Å². The summed E-state index contributed by atoms with van der Waals surface area (Å²) in [6.45, 7) is 5.13. The van der Waals surface area contributed by atoms with E-state index in [0.29, 0.717) is 5.92 Å². The average molecular weight is 413 g/mol. The van der Waals surface area contributed by atoms with E-state index in [0.717, 1.165) is 87.6 Å². The molecule has 1 saturated carbocycles. The van der Waals surface area contributed by atoms with Gasteiger partial charge >= 0.3 is 0 Å². The zero-order valence-electron chi connectivity index (χ0n) is 18.4. The summed E-state index contributed by atoms with van der Waals surface area (Å²) in [6, 6.07) is 2.33. The van der Waals surface area contributed by atoms with Crippen molar-refractivity contribution in [2.75, 3.05) is 32.0 Å². The van der Waals surface area contributed by atoms with Gasteiger partial charge in [-0.1, -0.05) is 13.3 Å². The van der Waals surface area contributed by atoms with Crippen molar-refractivity contribution >= 4 is 16.6 Å². The fourth-order valence-corrected chi connectivity index (χ4v) is 5.03. The molecule has 1 aliphatic heterocycles. The molecule has 0 aromatic carbocycles. The molecule has 6 heteroatoms. The Labute approximate surface area is 179 Å². The Kier molecular flexibility index (Phi) is 6.74. The molecule has 0 atom stereocenters. The summed E-state index contributed by atoms with van der Waals surface area (Å²) in [4.78, 5) is 20.3. The summed E-state index contributed by atoms with van der Waals surface area (Å²) in [5.41, 5.74) is 1.35. The van der Waals surface area contributed by atoms with Gasteiger partial charge < -0.3 is 19.9 Å². The Bertz CT molecular complexity index is 909. The quantitative estimate of drug-likeness (QED) is 0.705. The number of likely N-dealkylation sites (tertiary alicyclic amines) is 1. The SMILES string of the molecule is CCCCNc1cc2c(C3CCC(O)CC3)cn(C3CCN(C)CC3)c(=O)c2cn1. The minimum Gasteiger partial charge on any atom is -0.393 e. The number of aromatic nitrogens is 2. The van der Waals surface area contributed by atoms with Crippen molar-refractivity contribution in [3.8, 4) is 0 Å². The van der Waals surface area contributed by atoms with Crippen LogP contribution in [-0.4, -0.2) is 52.3 Å². The van der Waals surface area contributed by atoms with Gasteiger partial charge in [-0.25, -0.2) is 4.98 Å². The van der Waals surface area contributed by atoms with Crippen LogP contribution in [0.3, 0.4) is 0 Å². The molecule has 0 unspecified atom stereocenters. The summed E-state index contributed by atoms with van der Waals surface area (Å²) in [5.74, 6) is 1.24. The predicted octanol–water partition coefficient (Wildman–Crippen LogP) is 3.89. The highest BCUT2D eigenvalue weighted by atomic mass is 16.3. The number of aliphatic hydroxyl groups excluding tert-OH is 1. The summed E-state index contributed by atoms with van der Waals surface area (Å²) >= 11 is 0. The van der Waals surface area contributed by atoms with Crippen LogP contribution in [0.4, 0.5) is 5.82 Å². The lowest BCUT2D eigenvalue weighted by Crippen LogP contribution is -2.35.